The van der Waals surface area contributed by atoms with Crippen LogP contribution in [0.4, 0.5) is 0 Å². The smallest absolute Gasteiger partial charge is 0.151 e. The zero-order valence-corrected chi connectivity index (χ0v) is 13.3. The minimum Gasteiger partial charge on any atom is -0.359 e. The van der Waals surface area contributed by atoms with Crippen LogP contribution in [0.5, 0.6) is 0 Å². The third-order valence-corrected chi connectivity index (χ3v) is 3.97. The molecule has 1 fully saturated rings. The normalized spacial score (nSPS) is 18.7. The molecular formula is C16H22ClN3O. The second-order valence-electron chi connectivity index (χ2n) is 5.55. The van der Waals surface area contributed by atoms with E-state index in [4.69, 9.17) is 4.52 Å². The lowest BCUT2D eigenvalue weighted by Gasteiger charge is -2.13. The van der Waals surface area contributed by atoms with Gasteiger partial charge in [0, 0.05) is 30.8 Å². The Morgan fingerprint density at radius 3 is 2.76 bits per heavy atom. The minimum atomic E-state index is 0. The Morgan fingerprint density at radius 1 is 1.33 bits per heavy atom. The van der Waals surface area contributed by atoms with Gasteiger partial charge in [-0.2, -0.15) is 0 Å². The van der Waals surface area contributed by atoms with Crippen LogP contribution >= 0.6 is 12.4 Å². The standard InChI is InChI=1S/C16H21N3O.ClH/c1-12-3-5-13(6-4-12)16-9-15(20-18-16)11-19-8-7-14(10-19)17-2;/h3-6,9,14,17H,7-8,10-11H2,1-2H3;1H. The molecule has 1 aliphatic heterocycles. The van der Waals surface area contributed by atoms with Gasteiger partial charge in [-0.1, -0.05) is 35.0 Å². The number of benzene rings is 1. The van der Waals surface area contributed by atoms with Gasteiger partial charge in [0.25, 0.3) is 0 Å². The van der Waals surface area contributed by atoms with Crippen LogP contribution in [0.15, 0.2) is 34.9 Å². The molecule has 1 N–H and O–H groups in total. The van der Waals surface area contributed by atoms with E-state index in [9.17, 15) is 0 Å². The maximum Gasteiger partial charge on any atom is 0.151 e. The fraction of sp³-hybridized carbons (Fsp3) is 0.438. The van der Waals surface area contributed by atoms with Crippen molar-refractivity contribution in [3.8, 4) is 11.3 Å². The molecule has 114 valence electrons. The summed E-state index contributed by atoms with van der Waals surface area (Å²) in [5.74, 6) is 0.942. The lowest BCUT2D eigenvalue weighted by molar-refractivity contribution is 0.269. The number of hydrogen-bond acceptors (Lipinski definition) is 4. The summed E-state index contributed by atoms with van der Waals surface area (Å²) in [6.45, 7) is 5.13. The van der Waals surface area contributed by atoms with Crippen molar-refractivity contribution in [3.63, 3.8) is 0 Å². The van der Waals surface area contributed by atoms with Crippen LogP contribution in [-0.2, 0) is 6.54 Å². The minimum absolute atomic E-state index is 0. The molecule has 0 radical (unpaired) electrons. The van der Waals surface area contributed by atoms with Gasteiger partial charge in [0.2, 0.25) is 0 Å². The summed E-state index contributed by atoms with van der Waals surface area (Å²) in [5, 5.41) is 7.51. The van der Waals surface area contributed by atoms with E-state index < -0.39 is 0 Å². The van der Waals surface area contributed by atoms with E-state index in [1.807, 2.05) is 7.05 Å². The summed E-state index contributed by atoms with van der Waals surface area (Å²) in [5.41, 5.74) is 3.29. The van der Waals surface area contributed by atoms with Gasteiger partial charge in [-0.25, -0.2) is 0 Å². The summed E-state index contributed by atoms with van der Waals surface area (Å²) in [4.78, 5) is 2.40. The van der Waals surface area contributed by atoms with E-state index in [1.165, 1.54) is 12.0 Å². The molecule has 21 heavy (non-hydrogen) atoms. The fourth-order valence-corrected chi connectivity index (χ4v) is 2.68. The van der Waals surface area contributed by atoms with Crippen LogP contribution in [0.3, 0.4) is 0 Å². The van der Waals surface area contributed by atoms with Crippen LogP contribution < -0.4 is 5.32 Å². The number of aromatic nitrogens is 1. The zero-order valence-electron chi connectivity index (χ0n) is 12.5. The quantitative estimate of drug-likeness (QED) is 0.943. The van der Waals surface area contributed by atoms with E-state index in [0.29, 0.717) is 6.04 Å². The number of nitrogens with zero attached hydrogens (tertiary/aromatic N) is 2. The van der Waals surface area contributed by atoms with Crippen LogP contribution in [0.2, 0.25) is 0 Å². The van der Waals surface area contributed by atoms with Crippen LogP contribution in [0.1, 0.15) is 17.7 Å². The molecule has 1 aromatic heterocycles. The summed E-state index contributed by atoms with van der Waals surface area (Å²) in [6.07, 6.45) is 1.20. The molecule has 1 aromatic carbocycles. The van der Waals surface area contributed by atoms with E-state index in [-0.39, 0.29) is 12.4 Å². The molecule has 2 heterocycles. The van der Waals surface area contributed by atoms with Crippen LogP contribution in [0, 0.1) is 6.92 Å². The first kappa shape index (κ1) is 16.0. The third kappa shape index (κ3) is 3.84. The maximum absolute atomic E-state index is 5.47. The Labute approximate surface area is 131 Å². The topological polar surface area (TPSA) is 41.3 Å². The number of aryl methyl sites for hydroxylation is 1. The zero-order chi connectivity index (χ0) is 13.9. The van der Waals surface area contributed by atoms with Gasteiger partial charge in [-0.15, -0.1) is 12.4 Å². The highest BCUT2D eigenvalue weighted by Crippen LogP contribution is 2.21. The molecule has 1 atom stereocenters. The molecule has 1 unspecified atom stereocenters. The number of hydrogen-bond donors (Lipinski definition) is 1. The molecule has 4 nitrogen and oxygen atoms in total. The fourth-order valence-electron chi connectivity index (χ4n) is 2.68. The first-order chi connectivity index (χ1) is 9.74. The van der Waals surface area contributed by atoms with Crippen molar-refractivity contribution in [2.75, 3.05) is 20.1 Å². The number of likely N-dealkylation sites (tertiary alicyclic amines) is 1. The first-order valence-corrected chi connectivity index (χ1v) is 7.17. The third-order valence-electron chi connectivity index (χ3n) is 3.97. The Morgan fingerprint density at radius 2 is 2.10 bits per heavy atom. The van der Waals surface area contributed by atoms with Crippen molar-refractivity contribution in [1.82, 2.24) is 15.4 Å². The molecular weight excluding hydrogens is 286 g/mol. The molecule has 0 bridgehead atoms. The van der Waals surface area contributed by atoms with Gasteiger partial charge in [0.1, 0.15) is 5.69 Å². The van der Waals surface area contributed by atoms with Crippen LogP contribution in [-0.4, -0.2) is 36.2 Å². The van der Waals surface area contributed by atoms with Gasteiger partial charge in [0.05, 0.1) is 6.54 Å². The average Bonchev–Trinajstić information content (AvgIpc) is 3.09. The molecule has 3 rings (SSSR count). The Balaban J connectivity index is 0.00000161. The van der Waals surface area contributed by atoms with Gasteiger partial charge in [0.15, 0.2) is 5.76 Å². The van der Waals surface area contributed by atoms with Crippen molar-refractivity contribution in [2.45, 2.75) is 25.9 Å². The van der Waals surface area contributed by atoms with Gasteiger partial charge >= 0.3 is 0 Å². The second-order valence-corrected chi connectivity index (χ2v) is 5.55. The van der Waals surface area contributed by atoms with Gasteiger partial charge < -0.3 is 9.84 Å². The summed E-state index contributed by atoms with van der Waals surface area (Å²) >= 11 is 0. The lowest BCUT2D eigenvalue weighted by atomic mass is 10.1. The Kier molecular flexibility index (Phi) is 5.39. The molecule has 0 saturated carbocycles. The van der Waals surface area contributed by atoms with Crippen molar-refractivity contribution < 1.29 is 4.52 Å². The number of rotatable bonds is 4. The van der Waals surface area contributed by atoms with E-state index >= 15 is 0 Å². The Hall–Kier alpha value is -1.36. The van der Waals surface area contributed by atoms with Crippen molar-refractivity contribution in [2.24, 2.45) is 0 Å². The maximum atomic E-state index is 5.47. The van der Waals surface area contributed by atoms with E-state index in [1.54, 1.807) is 0 Å². The molecule has 1 saturated heterocycles. The molecule has 5 heteroatoms. The molecule has 1 aliphatic rings. The molecule has 0 amide bonds. The summed E-state index contributed by atoms with van der Waals surface area (Å²) in [7, 11) is 2.03. The first-order valence-electron chi connectivity index (χ1n) is 7.17. The monoisotopic (exact) mass is 307 g/mol. The molecule has 0 spiro atoms. The van der Waals surface area contributed by atoms with Crippen molar-refractivity contribution in [3.05, 3.63) is 41.7 Å². The number of nitrogens with one attached hydrogen (secondary N) is 1. The van der Waals surface area contributed by atoms with Crippen molar-refractivity contribution in [1.29, 1.82) is 0 Å². The second kappa shape index (κ2) is 7.07. The average molecular weight is 308 g/mol. The predicted octanol–water partition coefficient (Wildman–Crippen LogP) is 2.87. The highest BCUT2D eigenvalue weighted by atomic mass is 35.5. The largest absolute Gasteiger partial charge is 0.359 e. The van der Waals surface area contributed by atoms with E-state index in [2.05, 4.69) is 52.6 Å². The SMILES string of the molecule is CNC1CCN(Cc2cc(-c3ccc(C)cc3)no2)C1.Cl. The lowest BCUT2D eigenvalue weighted by Crippen LogP contribution is -2.29. The highest BCUT2D eigenvalue weighted by Gasteiger charge is 2.22. The van der Waals surface area contributed by atoms with Gasteiger partial charge in [-0.05, 0) is 20.4 Å². The number of halogens is 1. The number of likely N-dealkylation sites (N-methyl/N-ethyl adjacent to an activating group) is 1. The van der Waals surface area contributed by atoms with Crippen molar-refractivity contribution >= 4 is 12.4 Å². The highest BCUT2D eigenvalue weighted by molar-refractivity contribution is 5.85. The Bertz CT molecular complexity index is 567. The summed E-state index contributed by atoms with van der Waals surface area (Å²) < 4.78 is 5.47. The van der Waals surface area contributed by atoms with Crippen LogP contribution in [0.25, 0.3) is 11.3 Å². The van der Waals surface area contributed by atoms with E-state index in [0.717, 1.165) is 36.7 Å². The molecule has 2 aromatic rings. The predicted molar refractivity (Wildman–Crippen MR) is 86.7 cm³/mol. The summed E-state index contributed by atoms with van der Waals surface area (Å²) in [6, 6.07) is 11.0. The van der Waals surface area contributed by atoms with Gasteiger partial charge in [-0.3, -0.25) is 4.90 Å². The molecule has 0 aliphatic carbocycles.